The number of hydrogen-bond donors (Lipinski definition) is 2. The molecule has 2 N–H and O–H groups in total. The van der Waals surface area contributed by atoms with Gasteiger partial charge in [-0.25, -0.2) is 13.1 Å². The fourth-order valence-corrected chi connectivity index (χ4v) is 3.86. The average molecular weight is 291 g/mol. The summed E-state index contributed by atoms with van der Waals surface area (Å²) in [4.78, 5) is 4.34. The minimum Gasteiger partial charge on any atom is -0.313 e. The lowest BCUT2D eigenvalue weighted by molar-refractivity contribution is 0.552. The zero-order chi connectivity index (χ0) is 14.0. The van der Waals surface area contributed by atoms with Gasteiger partial charge in [0.2, 0.25) is 10.0 Å². The number of hydrogen-bond acceptors (Lipinski definition) is 4. The van der Waals surface area contributed by atoms with Crippen LogP contribution in [0.4, 0.5) is 0 Å². The number of rotatable bonds is 4. The van der Waals surface area contributed by atoms with Gasteiger partial charge in [0.05, 0.1) is 4.90 Å². The van der Waals surface area contributed by atoms with Crippen LogP contribution in [0.2, 0.25) is 0 Å². The molecule has 2 aromatic rings. The third kappa shape index (κ3) is 2.67. The van der Waals surface area contributed by atoms with Gasteiger partial charge in [0, 0.05) is 35.8 Å². The smallest absolute Gasteiger partial charge is 0.241 e. The third-order valence-electron chi connectivity index (χ3n) is 3.61. The van der Waals surface area contributed by atoms with E-state index in [9.17, 15) is 8.42 Å². The van der Waals surface area contributed by atoms with Gasteiger partial charge >= 0.3 is 0 Å². The van der Waals surface area contributed by atoms with Gasteiger partial charge in [-0.1, -0.05) is 12.1 Å². The molecule has 0 unspecified atom stereocenters. The van der Waals surface area contributed by atoms with Crippen LogP contribution in [0.15, 0.2) is 41.6 Å². The predicted molar refractivity (Wildman–Crippen MR) is 78.0 cm³/mol. The first-order valence-electron chi connectivity index (χ1n) is 6.72. The van der Waals surface area contributed by atoms with E-state index in [2.05, 4.69) is 15.0 Å². The van der Waals surface area contributed by atoms with E-state index < -0.39 is 10.0 Å². The Hall–Kier alpha value is -1.50. The van der Waals surface area contributed by atoms with Gasteiger partial charge < -0.3 is 5.32 Å². The molecule has 1 atom stereocenters. The van der Waals surface area contributed by atoms with E-state index in [0.717, 1.165) is 24.8 Å². The summed E-state index contributed by atoms with van der Waals surface area (Å²) in [5.41, 5.74) is 0. The summed E-state index contributed by atoms with van der Waals surface area (Å²) < 4.78 is 27.6. The van der Waals surface area contributed by atoms with Crippen LogP contribution < -0.4 is 10.0 Å². The summed E-state index contributed by atoms with van der Waals surface area (Å²) in [5.74, 6) is 0. The number of sulfonamides is 1. The molecule has 0 saturated carbocycles. The molecule has 1 aromatic heterocycles. The first-order valence-corrected chi connectivity index (χ1v) is 8.21. The third-order valence-corrected chi connectivity index (χ3v) is 5.09. The largest absolute Gasteiger partial charge is 0.313 e. The van der Waals surface area contributed by atoms with Gasteiger partial charge in [-0.05, 0) is 31.5 Å². The maximum atomic E-state index is 12.4. The number of pyridine rings is 1. The highest BCUT2D eigenvalue weighted by molar-refractivity contribution is 7.89. The van der Waals surface area contributed by atoms with E-state index in [1.54, 1.807) is 30.6 Å². The Labute approximate surface area is 118 Å². The van der Waals surface area contributed by atoms with E-state index in [0.29, 0.717) is 16.8 Å². The molecular weight excluding hydrogens is 274 g/mol. The summed E-state index contributed by atoms with van der Waals surface area (Å²) in [6.45, 7) is 1.40. The van der Waals surface area contributed by atoms with Crippen LogP contribution in [-0.2, 0) is 10.0 Å². The zero-order valence-corrected chi connectivity index (χ0v) is 11.9. The number of nitrogens with zero attached hydrogens (tertiary/aromatic N) is 1. The Morgan fingerprint density at radius 3 is 3.05 bits per heavy atom. The van der Waals surface area contributed by atoms with Crippen molar-refractivity contribution < 1.29 is 8.42 Å². The molecule has 1 aliphatic heterocycles. The summed E-state index contributed by atoms with van der Waals surface area (Å²) in [5, 5.41) is 4.81. The lowest BCUT2D eigenvalue weighted by Gasteiger charge is -2.13. The zero-order valence-electron chi connectivity index (χ0n) is 11.0. The quantitative estimate of drug-likeness (QED) is 0.890. The average Bonchev–Trinajstić information content (AvgIpc) is 2.98. The Morgan fingerprint density at radius 1 is 1.35 bits per heavy atom. The number of aromatic nitrogens is 1. The molecule has 0 spiro atoms. The van der Waals surface area contributed by atoms with Crippen molar-refractivity contribution in [1.82, 2.24) is 15.0 Å². The normalized spacial score (nSPS) is 19.5. The molecular formula is C14H17N3O2S. The van der Waals surface area contributed by atoms with Crippen molar-refractivity contribution in [3.8, 4) is 0 Å². The molecule has 6 heteroatoms. The maximum Gasteiger partial charge on any atom is 0.241 e. The molecule has 1 fully saturated rings. The predicted octanol–water partition coefficient (Wildman–Crippen LogP) is 1.27. The standard InChI is InChI=1S/C14H17N3O2S/c18-20(19,17-10-12-4-2-7-16-12)14-5-1-3-11-9-15-8-6-13(11)14/h1,3,5-6,8-9,12,16-17H,2,4,7,10H2/t12-/m0/s1. The summed E-state index contributed by atoms with van der Waals surface area (Å²) in [6, 6.07) is 7.21. The van der Waals surface area contributed by atoms with Gasteiger partial charge in [0.1, 0.15) is 0 Å². The second kappa shape index (κ2) is 5.47. The lowest BCUT2D eigenvalue weighted by atomic mass is 10.2. The van der Waals surface area contributed by atoms with E-state index in [1.165, 1.54) is 0 Å². The van der Waals surface area contributed by atoms with Crippen molar-refractivity contribution in [3.63, 3.8) is 0 Å². The van der Waals surface area contributed by atoms with Crippen molar-refractivity contribution in [2.24, 2.45) is 0 Å². The molecule has 0 amide bonds. The Balaban J connectivity index is 1.88. The van der Waals surface area contributed by atoms with Crippen LogP contribution in [-0.4, -0.2) is 32.5 Å². The minimum atomic E-state index is -3.49. The van der Waals surface area contributed by atoms with E-state index in [-0.39, 0.29) is 6.04 Å². The maximum absolute atomic E-state index is 12.4. The van der Waals surface area contributed by atoms with Crippen LogP contribution in [0.5, 0.6) is 0 Å². The molecule has 1 saturated heterocycles. The fraction of sp³-hybridized carbons (Fsp3) is 0.357. The summed E-state index contributed by atoms with van der Waals surface area (Å²) in [6.07, 6.45) is 5.40. The summed E-state index contributed by atoms with van der Waals surface area (Å²) in [7, 11) is -3.49. The van der Waals surface area contributed by atoms with Crippen molar-refractivity contribution in [2.45, 2.75) is 23.8 Å². The molecule has 20 heavy (non-hydrogen) atoms. The van der Waals surface area contributed by atoms with Gasteiger partial charge in [-0.3, -0.25) is 4.98 Å². The van der Waals surface area contributed by atoms with E-state index in [4.69, 9.17) is 0 Å². The molecule has 0 bridgehead atoms. The highest BCUT2D eigenvalue weighted by atomic mass is 32.2. The second-order valence-electron chi connectivity index (χ2n) is 5.00. The van der Waals surface area contributed by atoms with Crippen LogP contribution in [0.1, 0.15) is 12.8 Å². The van der Waals surface area contributed by atoms with E-state index >= 15 is 0 Å². The lowest BCUT2D eigenvalue weighted by Crippen LogP contribution is -2.37. The second-order valence-corrected chi connectivity index (χ2v) is 6.73. The highest BCUT2D eigenvalue weighted by Gasteiger charge is 2.20. The summed E-state index contributed by atoms with van der Waals surface area (Å²) >= 11 is 0. The Bertz CT molecular complexity index is 704. The minimum absolute atomic E-state index is 0.237. The first kappa shape index (κ1) is 13.5. The number of fused-ring (bicyclic) bond motifs is 1. The molecule has 0 radical (unpaired) electrons. The van der Waals surface area contributed by atoms with Crippen LogP contribution in [0.3, 0.4) is 0 Å². The molecule has 106 valence electrons. The van der Waals surface area contributed by atoms with Gasteiger partial charge in [-0.15, -0.1) is 0 Å². The fourth-order valence-electron chi connectivity index (χ4n) is 2.55. The Morgan fingerprint density at radius 2 is 2.25 bits per heavy atom. The van der Waals surface area contributed by atoms with Crippen molar-refractivity contribution in [1.29, 1.82) is 0 Å². The van der Waals surface area contributed by atoms with Crippen molar-refractivity contribution >= 4 is 20.8 Å². The topological polar surface area (TPSA) is 71.1 Å². The van der Waals surface area contributed by atoms with Gasteiger partial charge in [0.15, 0.2) is 0 Å². The van der Waals surface area contributed by atoms with Crippen molar-refractivity contribution in [3.05, 3.63) is 36.7 Å². The van der Waals surface area contributed by atoms with Crippen LogP contribution >= 0.6 is 0 Å². The number of benzene rings is 1. The van der Waals surface area contributed by atoms with Crippen LogP contribution in [0.25, 0.3) is 10.8 Å². The first-order chi connectivity index (χ1) is 9.67. The molecule has 5 nitrogen and oxygen atoms in total. The molecule has 3 rings (SSSR count). The molecule has 0 aliphatic carbocycles. The monoisotopic (exact) mass is 291 g/mol. The molecule has 2 heterocycles. The Kier molecular flexibility index (Phi) is 3.69. The number of nitrogens with one attached hydrogen (secondary N) is 2. The van der Waals surface area contributed by atoms with Crippen molar-refractivity contribution in [2.75, 3.05) is 13.1 Å². The van der Waals surface area contributed by atoms with Crippen LogP contribution in [0, 0.1) is 0 Å². The SMILES string of the molecule is O=S(=O)(NC[C@@H]1CCCN1)c1cccc2cnccc12. The van der Waals surface area contributed by atoms with E-state index in [1.807, 2.05) is 6.07 Å². The molecule has 1 aliphatic rings. The molecule has 1 aromatic carbocycles. The highest BCUT2D eigenvalue weighted by Crippen LogP contribution is 2.21. The van der Waals surface area contributed by atoms with Gasteiger partial charge in [-0.2, -0.15) is 0 Å². The van der Waals surface area contributed by atoms with Gasteiger partial charge in [0.25, 0.3) is 0 Å².